The molecular weight excluding hydrogens is 707 g/mol. The highest BCUT2D eigenvalue weighted by Crippen LogP contribution is 2.43. The molecule has 0 aliphatic carbocycles. The van der Waals surface area contributed by atoms with E-state index in [2.05, 4.69) is 86.8 Å². The molecule has 0 amide bonds. The van der Waals surface area contributed by atoms with Crippen molar-refractivity contribution >= 4 is 19.8 Å². The maximum absolute atomic E-state index is 12.3. The van der Waals surface area contributed by atoms with Crippen molar-refractivity contribution in [2.45, 2.75) is 161 Å². The van der Waals surface area contributed by atoms with Crippen molar-refractivity contribution in [1.29, 1.82) is 0 Å². The molecule has 11 heteroatoms. The predicted octanol–water partition coefficient (Wildman–Crippen LogP) is 10.5. The van der Waals surface area contributed by atoms with E-state index >= 15 is 0 Å². The highest BCUT2D eigenvalue weighted by atomic mass is 31.2. The molecule has 310 valence electrons. The smallest absolute Gasteiger partial charge is 0.457 e. The first-order valence-electron chi connectivity index (χ1n) is 20.4. The van der Waals surface area contributed by atoms with E-state index in [4.69, 9.17) is 18.5 Å². The van der Waals surface area contributed by atoms with Gasteiger partial charge in [0, 0.05) is 12.8 Å². The Kier molecular flexibility index (Phi) is 36.8. The number of carbonyl (C=O) groups is 2. The lowest BCUT2D eigenvalue weighted by Gasteiger charge is -2.20. The maximum Gasteiger partial charge on any atom is 0.472 e. The number of hydrogen-bond acceptors (Lipinski definition) is 9. The monoisotopic (exact) mass is 780 g/mol. The first-order valence-corrected chi connectivity index (χ1v) is 21.9. The van der Waals surface area contributed by atoms with Crippen LogP contribution in [0, 0.1) is 0 Å². The summed E-state index contributed by atoms with van der Waals surface area (Å²) in [7, 11) is -4.65. The van der Waals surface area contributed by atoms with Gasteiger partial charge in [-0.05, 0) is 83.5 Å². The van der Waals surface area contributed by atoms with Crippen LogP contribution in [-0.2, 0) is 32.7 Å². The van der Waals surface area contributed by atoms with Crippen molar-refractivity contribution in [3.63, 3.8) is 0 Å². The maximum atomic E-state index is 12.3. The molecular formula is C43H73O10P. The second-order valence-corrected chi connectivity index (χ2v) is 14.7. The second-order valence-electron chi connectivity index (χ2n) is 13.2. The Bertz CT molecular complexity index is 1130. The number of hydrogen-bond donors (Lipinski definition) is 3. The Hall–Kier alpha value is -2.59. The van der Waals surface area contributed by atoms with Crippen molar-refractivity contribution < 1.29 is 47.8 Å². The third kappa shape index (κ3) is 36.4. The summed E-state index contributed by atoms with van der Waals surface area (Å²) < 4.78 is 32.5. The average molecular weight is 781 g/mol. The van der Waals surface area contributed by atoms with Gasteiger partial charge in [-0.25, -0.2) is 4.57 Å². The third-order valence-corrected chi connectivity index (χ3v) is 9.10. The van der Waals surface area contributed by atoms with Crippen LogP contribution in [0.2, 0.25) is 0 Å². The Morgan fingerprint density at radius 2 is 0.870 bits per heavy atom. The van der Waals surface area contributed by atoms with Crippen LogP contribution in [-0.4, -0.2) is 65.7 Å². The van der Waals surface area contributed by atoms with Crippen LogP contribution in [0.5, 0.6) is 0 Å². The number of allylic oxidation sites excluding steroid dienone is 12. The third-order valence-electron chi connectivity index (χ3n) is 8.15. The fraction of sp³-hybridized carbons (Fsp3) is 0.674. The molecule has 0 aromatic heterocycles. The molecule has 0 bridgehead atoms. The van der Waals surface area contributed by atoms with Crippen LogP contribution in [0.3, 0.4) is 0 Å². The van der Waals surface area contributed by atoms with E-state index in [1.54, 1.807) is 0 Å². The lowest BCUT2D eigenvalue weighted by Crippen LogP contribution is -2.28. The zero-order valence-corrected chi connectivity index (χ0v) is 34.3. The van der Waals surface area contributed by atoms with E-state index in [0.29, 0.717) is 12.8 Å². The Balaban J connectivity index is 4.03. The van der Waals surface area contributed by atoms with E-state index in [0.717, 1.165) is 89.9 Å². The van der Waals surface area contributed by atoms with E-state index in [1.165, 1.54) is 19.3 Å². The first kappa shape index (κ1) is 51.4. The number of phosphoric ester groups is 1. The molecule has 0 aromatic carbocycles. The predicted molar refractivity (Wildman–Crippen MR) is 219 cm³/mol. The molecule has 0 fully saturated rings. The highest BCUT2D eigenvalue weighted by Gasteiger charge is 2.27. The fourth-order valence-corrected chi connectivity index (χ4v) is 5.80. The summed E-state index contributed by atoms with van der Waals surface area (Å²) in [5, 5.41) is 19.1. The van der Waals surface area contributed by atoms with Crippen LogP contribution >= 0.6 is 7.82 Å². The summed E-state index contributed by atoms with van der Waals surface area (Å²) >= 11 is 0. The zero-order chi connectivity index (χ0) is 39.8. The van der Waals surface area contributed by atoms with Crippen LogP contribution in [0.1, 0.15) is 149 Å². The number of aliphatic hydroxyl groups is 2. The lowest BCUT2D eigenvalue weighted by molar-refractivity contribution is -0.153. The van der Waals surface area contributed by atoms with Gasteiger partial charge in [0.1, 0.15) is 12.2 Å². The summed E-state index contributed by atoms with van der Waals surface area (Å²) in [6.45, 7) is 1.99. The van der Waals surface area contributed by atoms with E-state index < -0.39 is 58.4 Å². The van der Waals surface area contributed by atoms with Gasteiger partial charge in [-0.15, -0.1) is 0 Å². The molecule has 0 heterocycles. The van der Waals surface area contributed by atoms with Gasteiger partial charge in [-0.1, -0.05) is 125 Å². The van der Waals surface area contributed by atoms with E-state index in [-0.39, 0.29) is 12.8 Å². The number of aliphatic hydroxyl groups excluding tert-OH is 2. The van der Waals surface area contributed by atoms with Crippen molar-refractivity contribution in [2.75, 3.05) is 26.4 Å². The standard InChI is InChI=1S/C43H73O10P/c1-3-5-7-9-11-13-15-17-18-19-20-21-22-23-25-27-29-31-33-35-43(47)53-41(37-45)39-51-54(48,49)50-38-40(36-44)52-42(46)34-32-30-28-26-24-16-14-12-10-8-6-4-2/h5,7,11-14,17-18,20-21,23,25,40-41,44-45H,3-4,6,8-10,15-16,19,22,24,26-39H2,1-2H3,(H,48,49)/b7-5-,13-11-,14-12-,18-17-,21-20-,25-23-. The molecule has 54 heavy (non-hydrogen) atoms. The van der Waals surface area contributed by atoms with Gasteiger partial charge in [0.25, 0.3) is 0 Å². The molecule has 3 unspecified atom stereocenters. The number of ether oxygens (including phenoxy) is 2. The quantitative estimate of drug-likeness (QED) is 0.0241. The van der Waals surface area contributed by atoms with Crippen LogP contribution < -0.4 is 0 Å². The molecule has 0 aliphatic heterocycles. The van der Waals surface area contributed by atoms with E-state index in [9.17, 15) is 29.3 Å². The molecule has 0 aliphatic rings. The molecule has 0 saturated carbocycles. The lowest BCUT2D eigenvalue weighted by atomic mass is 10.1. The highest BCUT2D eigenvalue weighted by molar-refractivity contribution is 7.47. The minimum Gasteiger partial charge on any atom is -0.457 e. The van der Waals surface area contributed by atoms with Gasteiger partial charge in [0.05, 0.1) is 26.4 Å². The van der Waals surface area contributed by atoms with Gasteiger partial charge < -0.3 is 24.6 Å². The molecule has 0 saturated heterocycles. The second kappa shape index (κ2) is 38.7. The van der Waals surface area contributed by atoms with Gasteiger partial charge in [-0.2, -0.15) is 0 Å². The number of phosphoric acid groups is 1. The molecule has 10 nitrogen and oxygen atoms in total. The van der Waals surface area contributed by atoms with Crippen molar-refractivity contribution in [3.05, 3.63) is 72.9 Å². The van der Waals surface area contributed by atoms with Crippen LogP contribution in [0.15, 0.2) is 72.9 Å². The zero-order valence-electron chi connectivity index (χ0n) is 33.4. The summed E-state index contributed by atoms with van der Waals surface area (Å²) in [5.41, 5.74) is 0. The van der Waals surface area contributed by atoms with Crippen molar-refractivity contribution in [1.82, 2.24) is 0 Å². The SMILES string of the molecule is CC/C=C\C/C=C\C/C=C\C/C=C\C/C=C\CCCCCC(=O)OC(CO)COP(=O)(O)OCC(CO)OC(=O)CCCCCCC/C=C\CCCCC. The number of esters is 2. The van der Waals surface area contributed by atoms with Crippen molar-refractivity contribution in [3.8, 4) is 0 Å². The molecule has 0 spiro atoms. The largest absolute Gasteiger partial charge is 0.472 e. The minimum absolute atomic E-state index is 0.149. The number of rotatable bonds is 37. The average Bonchev–Trinajstić information content (AvgIpc) is 3.16. The number of unbranched alkanes of at least 4 members (excludes halogenated alkanes) is 11. The summed E-state index contributed by atoms with van der Waals surface area (Å²) in [6, 6.07) is 0. The summed E-state index contributed by atoms with van der Waals surface area (Å²) in [4.78, 5) is 34.4. The van der Waals surface area contributed by atoms with Crippen LogP contribution in [0.25, 0.3) is 0 Å². The molecule has 3 atom stereocenters. The Labute approximate surface area is 327 Å². The summed E-state index contributed by atoms with van der Waals surface area (Å²) in [5.74, 6) is -1.07. The minimum atomic E-state index is -4.65. The molecule has 0 rings (SSSR count). The number of carbonyl (C=O) groups excluding carboxylic acids is 2. The molecule has 0 radical (unpaired) electrons. The van der Waals surface area contributed by atoms with Crippen LogP contribution in [0.4, 0.5) is 0 Å². The van der Waals surface area contributed by atoms with Gasteiger partial charge in [0.2, 0.25) is 0 Å². The fourth-order valence-electron chi connectivity index (χ4n) is 5.02. The topological polar surface area (TPSA) is 149 Å². The molecule has 0 aromatic rings. The van der Waals surface area contributed by atoms with Gasteiger partial charge in [0.15, 0.2) is 0 Å². The Morgan fingerprint density at radius 1 is 0.519 bits per heavy atom. The van der Waals surface area contributed by atoms with E-state index in [1.807, 2.05) is 0 Å². The normalized spacial score (nSPS) is 14.7. The van der Waals surface area contributed by atoms with Gasteiger partial charge in [-0.3, -0.25) is 18.6 Å². The molecule has 3 N–H and O–H groups in total. The first-order chi connectivity index (χ1) is 26.3. The van der Waals surface area contributed by atoms with Crippen molar-refractivity contribution in [2.24, 2.45) is 0 Å². The van der Waals surface area contributed by atoms with Gasteiger partial charge >= 0.3 is 19.8 Å². The summed E-state index contributed by atoms with van der Waals surface area (Å²) in [6.07, 6.45) is 43.0. The Morgan fingerprint density at radius 3 is 1.30 bits per heavy atom.